The van der Waals surface area contributed by atoms with Gasteiger partial charge in [0.25, 0.3) is 10.0 Å². The Morgan fingerprint density at radius 1 is 1.05 bits per heavy atom. The minimum Gasteiger partial charge on any atom is -0.478 e. The van der Waals surface area contributed by atoms with Crippen LogP contribution in [-0.2, 0) is 14.8 Å². The molecule has 1 fully saturated rings. The number of hydrogen-bond acceptors (Lipinski definition) is 8. The Bertz CT molecular complexity index is 1580. The summed E-state index contributed by atoms with van der Waals surface area (Å²) in [5, 5.41) is 12.2. The SMILES string of the molecule is Cc1cccc(C)c1-c1cc(OC[C@@H](CC2CCC2)NC(=O)OC(C)(C)C)nc(NS(=O)(=O)c2cccc(C(=O)O)c2)n1. The maximum absolute atomic E-state index is 13.2. The Kier molecular flexibility index (Phi) is 9.59. The molecule has 0 unspecified atom stereocenters. The Balaban J connectivity index is 1.65. The number of ether oxygens (including phenoxy) is 2. The van der Waals surface area contributed by atoms with E-state index < -0.39 is 27.7 Å². The van der Waals surface area contributed by atoms with Crippen molar-refractivity contribution in [2.45, 2.75) is 76.8 Å². The largest absolute Gasteiger partial charge is 0.478 e. The first kappa shape index (κ1) is 31.7. The summed E-state index contributed by atoms with van der Waals surface area (Å²) >= 11 is 0. The van der Waals surface area contributed by atoms with Gasteiger partial charge in [-0.3, -0.25) is 0 Å². The van der Waals surface area contributed by atoms with Gasteiger partial charge in [-0.15, -0.1) is 0 Å². The van der Waals surface area contributed by atoms with E-state index in [2.05, 4.69) is 20.0 Å². The maximum Gasteiger partial charge on any atom is 0.407 e. The molecule has 1 saturated carbocycles. The van der Waals surface area contributed by atoms with Crippen LogP contribution in [0.2, 0.25) is 0 Å². The minimum absolute atomic E-state index is 0.0752. The van der Waals surface area contributed by atoms with Crippen molar-refractivity contribution in [1.82, 2.24) is 15.3 Å². The van der Waals surface area contributed by atoms with Gasteiger partial charge in [-0.1, -0.05) is 43.5 Å². The number of rotatable bonds is 11. The van der Waals surface area contributed by atoms with E-state index in [1.807, 2.05) is 32.0 Å². The number of aromatic nitrogens is 2. The van der Waals surface area contributed by atoms with Gasteiger partial charge in [-0.05, 0) is 76.3 Å². The van der Waals surface area contributed by atoms with E-state index in [4.69, 9.17) is 9.47 Å². The lowest BCUT2D eigenvalue weighted by molar-refractivity contribution is 0.0469. The lowest BCUT2D eigenvalue weighted by Crippen LogP contribution is -2.43. The lowest BCUT2D eigenvalue weighted by atomic mass is 9.81. The van der Waals surface area contributed by atoms with Crippen molar-refractivity contribution in [2.75, 3.05) is 11.3 Å². The second-order valence-electron chi connectivity index (χ2n) is 11.8. The minimum atomic E-state index is -4.25. The van der Waals surface area contributed by atoms with Crippen LogP contribution >= 0.6 is 0 Å². The van der Waals surface area contributed by atoms with Gasteiger partial charge < -0.3 is 19.9 Å². The zero-order valence-corrected chi connectivity index (χ0v) is 25.8. The van der Waals surface area contributed by atoms with Gasteiger partial charge in [0.1, 0.15) is 12.2 Å². The number of aryl methyl sites for hydroxylation is 2. The molecule has 0 saturated heterocycles. The predicted molar refractivity (Wildman–Crippen MR) is 162 cm³/mol. The number of aromatic carboxylic acids is 1. The number of carboxylic acids is 1. The molecule has 1 aromatic heterocycles. The fourth-order valence-corrected chi connectivity index (χ4v) is 5.82. The van der Waals surface area contributed by atoms with Crippen molar-refractivity contribution >= 4 is 28.0 Å². The molecule has 4 rings (SSSR count). The van der Waals surface area contributed by atoms with E-state index in [1.54, 1.807) is 26.8 Å². The molecule has 1 amide bonds. The summed E-state index contributed by atoms with van der Waals surface area (Å²) in [5.41, 5.74) is 2.24. The summed E-state index contributed by atoms with van der Waals surface area (Å²) in [7, 11) is -4.25. The number of carboxylic acid groups (broad SMARTS) is 1. The predicted octanol–water partition coefficient (Wildman–Crippen LogP) is 5.72. The van der Waals surface area contributed by atoms with E-state index >= 15 is 0 Å². The van der Waals surface area contributed by atoms with Crippen LogP contribution in [0.5, 0.6) is 5.88 Å². The first-order valence-corrected chi connectivity index (χ1v) is 15.6. The van der Waals surface area contributed by atoms with Crippen LogP contribution in [0.15, 0.2) is 53.4 Å². The van der Waals surface area contributed by atoms with E-state index in [9.17, 15) is 23.1 Å². The monoisotopic (exact) mass is 610 g/mol. The molecule has 43 heavy (non-hydrogen) atoms. The number of nitrogens with zero attached hydrogens (tertiary/aromatic N) is 2. The molecular formula is C31H38N4O7S. The highest BCUT2D eigenvalue weighted by Crippen LogP contribution is 2.32. The van der Waals surface area contributed by atoms with Crippen LogP contribution in [0.25, 0.3) is 11.3 Å². The number of benzene rings is 2. The van der Waals surface area contributed by atoms with Gasteiger partial charge in [0, 0.05) is 11.6 Å². The molecule has 12 heteroatoms. The molecule has 2 aromatic carbocycles. The number of alkyl carbamates (subject to hydrolysis) is 1. The average Bonchev–Trinajstić information content (AvgIpc) is 2.87. The molecule has 0 radical (unpaired) electrons. The third kappa shape index (κ3) is 8.66. The summed E-state index contributed by atoms with van der Waals surface area (Å²) in [6, 6.07) is 12.0. The molecule has 11 nitrogen and oxygen atoms in total. The van der Waals surface area contributed by atoms with Crippen LogP contribution in [0, 0.1) is 19.8 Å². The second-order valence-corrected chi connectivity index (χ2v) is 13.5. The standard InChI is InChI=1S/C31H38N4O7S/c1-19-9-6-10-20(2)27(19)25-17-26(41-18-23(15-21-11-7-12-21)32-30(38)42-31(3,4)5)34-29(33-25)35-43(39,40)24-14-8-13-22(16-24)28(36)37/h6,8-10,13-14,16-17,21,23H,7,11-12,15,18H2,1-5H3,(H,32,38)(H,36,37)(H,33,34,35)/t23-/m1/s1. The van der Waals surface area contributed by atoms with Gasteiger partial charge >= 0.3 is 12.1 Å². The summed E-state index contributed by atoms with van der Waals surface area (Å²) in [4.78, 5) is 32.5. The van der Waals surface area contributed by atoms with Crippen molar-refractivity contribution in [1.29, 1.82) is 0 Å². The summed E-state index contributed by atoms with van der Waals surface area (Å²) in [6.45, 7) is 9.30. The van der Waals surface area contributed by atoms with Gasteiger partial charge in [-0.2, -0.15) is 4.98 Å². The fraction of sp³-hybridized carbons (Fsp3) is 0.419. The first-order valence-electron chi connectivity index (χ1n) is 14.1. The zero-order valence-electron chi connectivity index (χ0n) is 25.0. The number of amides is 1. The molecule has 230 valence electrons. The maximum atomic E-state index is 13.2. The quantitative estimate of drug-likeness (QED) is 0.247. The van der Waals surface area contributed by atoms with Crippen LogP contribution in [0.3, 0.4) is 0 Å². The van der Waals surface area contributed by atoms with Crippen LogP contribution in [0.4, 0.5) is 10.7 Å². The molecule has 1 aliphatic carbocycles. The van der Waals surface area contributed by atoms with E-state index in [0.29, 0.717) is 18.0 Å². The zero-order chi connectivity index (χ0) is 31.4. The molecule has 0 aliphatic heterocycles. The molecule has 1 aliphatic rings. The fourth-order valence-electron chi connectivity index (χ4n) is 4.83. The van der Waals surface area contributed by atoms with E-state index in [-0.39, 0.29) is 34.9 Å². The second kappa shape index (κ2) is 13.0. The van der Waals surface area contributed by atoms with Gasteiger partial charge in [-0.25, -0.2) is 27.7 Å². The van der Waals surface area contributed by atoms with Crippen LogP contribution in [0.1, 0.15) is 67.9 Å². The third-order valence-corrected chi connectivity index (χ3v) is 8.38. The molecule has 0 bridgehead atoms. The van der Waals surface area contributed by atoms with Gasteiger partial charge in [0.15, 0.2) is 0 Å². The summed E-state index contributed by atoms with van der Waals surface area (Å²) in [5.74, 6) is -0.929. The number of carbonyl (C=O) groups is 2. The van der Waals surface area contributed by atoms with Crippen molar-refractivity contribution in [3.8, 4) is 17.1 Å². The Morgan fingerprint density at radius 2 is 1.72 bits per heavy atom. The molecule has 0 spiro atoms. The highest BCUT2D eigenvalue weighted by atomic mass is 32.2. The molecular weight excluding hydrogens is 572 g/mol. The Morgan fingerprint density at radius 3 is 2.33 bits per heavy atom. The normalized spacial score (nSPS) is 14.3. The van der Waals surface area contributed by atoms with Crippen molar-refractivity contribution in [2.24, 2.45) is 5.92 Å². The van der Waals surface area contributed by atoms with Crippen LogP contribution < -0.4 is 14.8 Å². The van der Waals surface area contributed by atoms with Crippen LogP contribution in [-0.4, -0.2) is 53.8 Å². The highest BCUT2D eigenvalue weighted by Gasteiger charge is 2.26. The summed E-state index contributed by atoms with van der Waals surface area (Å²) < 4.78 is 40.4. The number of hydrogen-bond donors (Lipinski definition) is 3. The number of anilines is 1. The third-order valence-electron chi connectivity index (χ3n) is 7.05. The molecule has 3 N–H and O–H groups in total. The average molecular weight is 611 g/mol. The first-order chi connectivity index (χ1) is 20.2. The lowest BCUT2D eigenvalue weighted by Gasteiger charge is -2.30. The van der Waals surface area contributed by atoms with E-state index in [1.165, 1.54) is 18.2 Å². The van der Waals surface area contributed by atoms with Gasteiger partial charge in [0.2, 0.25) is 11.8 Å². The van der Waals surface area contributed by atoms with Crippen molar-refractivity contribution < 1.29 is 32.6 Å². The van der Waals surface area contributed by atoms with E-state index in [0.717, 1.165) is 42.0 Å². The molecule has 1 heterocycles. The van der Waals surface area contributed by atoms with Crippen molar-refractivity contribution in [3.05, 3.63) is 65.2 Å². The number of sulfonamides is 1. The summed E-state index contributed by atoms with van der Waals surface area (Å²) in [6.07, 6.45) is 3.45. The van der Waals surface area contributed by atoms with Gasteiger partial charge in [0.05, 0.1) is 22.2 Å². The molecule has 1 atom stereocenters. The number of nitrogens with one attached hydrogen (secondary N) is 2. The Hall–Kier alpha value is -4.19. The number of carbonyl (C=O) groups excluding carboxylic acids is 1. The Labute approximate surface area is 252 Å². The smallest absolute Gasteiger partial charge is 0.407 e. The highest BCUT2D eigenvalue weighted by molar-refractivity contribution is 7.92. The topological polar surface area (TPSA) is 157 Å². The molecule has 3 aromatic rings. The van der Waals surface area contributed by atoms with Crippen molar-refractivity contribution in [3.63, 3.8) is 0 Å².